The van der Waals surface area contributed by atoms with E-state index in [1.807, 2.05) is 11.8 Å². The van der Waals surface area contributed by atoms with Gasteiger partial charge in [0.2, 0.25) is 0 Å². The Kier molecular flexibility index (Phi) is 4.51. The minimum absolute atomic E-state index is 0.0447. The quantitative estimate of drug-likeness (QED) is 0.417. The lowest BCUT2D eigenvalue weighted by Crippen LogP contribution is -2.59. The minimum Gasteiger partial charge on any atom is -0.479 e. The zero-order valence-electron chi connectivity index (χ0n) is 14.3. The Bertz CT molecular complexity index is 895. The number of fused-ring (bicyclic) bond motifs is 1. The van der Waals surface area contributed by atoms with Crippen molar-refractivity contribution in [3.8, 4) is 5.75 Å². The molecule has 0 spiro atoms. The second kappa shape index (κ2) is 6.49. The molecule has 2 heterocycles. The molecule has 3 aliphatic rings. The van der Waals surface area contributed by atoms with Crippen molar-refractivity contribution in [1.29, 1.82) is 0 Å². The summed E-state index contributed by atoms with van der Waals surface area (Å²) in [4.78, 5) is 12.1. The first-order chi connectivity index (χ1) is 12.7. The van der Waals surface area contributed by atoms with Crippen LogP contribution in [0, 0.1) is 17.7 Å². The minimum atomic E-state index is -4.23. The molecule has 27 heavy (non-hydrogen) atoms. The Morgan fingerprint density at radius 3 is 2.81 bits per heavy atom. The van der Waals surface area contributed by atoms with Crippen LogP contribution in [0.3, 0.4) is 0 Å². The fourth-order valence-corrected chi connectivity index (χ4v) is 6.86. The Labute approximate surface area is 160 Å². The number of carbonyl (C=O) groups excluding carboxylic acids is 1. The summed E-state index contributed by atoms with van der Waals surface area (Å²) in [7, 11) is -4.23. The SMILES string of the molecule is C=CC1(Oc2cc(C(=O)OCCS(=O)(=O)O)ccc2F)C2CC3CC1C3S2. The lowest BCUT2D eigenvalue weighted by Gasteiger charge is -2.51. The summed E-state index contributed by atoms with van der Waals surface area (Å²) in [5.74, 6) is -1.14. The largest absolute Gasteiger partial charge is 0.479 e. The second-order valence-electron chi connectivity index (χ2n) is 7.15. The van der Waals surface area contributed by atoms with Gasteiger partial charge < -0.3 is 9.47 Å². The molecule has 0 amide bonds. The van der Waals surface area contributed by atoms with Crippen LogP contribution in [-0.4, -0.2) is 47.4 Å². The highest BCUT2D eigenvalue weighted by molar-refractivity contribution is 8.01. The van der Waals surface area contributed by atoms with Gasteiger partial charge in [-0.3, -0.25) is 4.55 Å². The highest BCUT2D eigenvalue weighted by Gasteiger charge is 2.69. The fourth-order valence-electron chi connectivity index (χ4n) is 4.34. The molecule has 5 atom stereocenters. The normalized spacial score (nSPS) is 33.4. The van der Waals surface area contributed by atoms with Crippen molar-refractivity contribution in [2.24, 2.45) is 11.8 Å². The average Bonchev–Trinajstić information content (AvgIpc) is 3.03. The number of ether oxygens (including phenoxy) is 2. The van der Waals surface area contributed by atoms with Gasteiger partial charge in [-0.05, 0) is 43.0 Å². The molecule has 9 heteroatoms. The summed E-state index contributed by atoms with van der Waals surface area (Å²) in [5.41, 5.74) is -0.596. The van der Waals surface area contributed by atoms with Crippen molar-refractivity contribution in [1.82, 2.24) is 0 Å². The number of hydrogen-bond donors (Lipinski definition) is 1. The first-order valence-electron chi connectivity index (χ1n) is 8.63. The van der Waals surface area contributed by atoms with Gasteiger partial charge in [-0.25, -0.2) is 9.18 Å². The molecular formula is C18H19FO6S2. The Morgan fingerprint density at radius 1 is 1.44 bits per heavy atom. The maximum Gasteiger partial charge on any atom is 0.338 e. The van der Waals surface area contributed by atoms with Crippen molar-refractivity contribution in [2.75, 3.05) is 12.4 Å². The first-order valence-corrected chi connectivity index (χ1v) is 11.2. The molecule has 2 aliphatic heterocycles. The molecule has 1 aliphatic carbocycles. The lowest BCUT2D eigenvalue weighted by molar-refractivity contribution is -0.0380. The molecule has 2 saturated heterocycles. The van der Waals surface area contributed by atoms with E-state index >= 15 is 0 Å². The molecule has 1 saturated carbocycles. The third-order valence-corrected chi connectivity index (χ3v) is 8.29. The summed E-state index contributed by atoms with van der Waals surface area (Å²) in [6.45, 7) is 3.43. The lowest BCUT2D eigenvalue weighted by atomic mass is 9.57. The van der Waals surface area contributed by atoms with Crippen LogP contribution in [-0.2, 0) is 14.9 Å². The van der Waals surface area contributed by atoms with E-state index in [2.05, 4.69) is 6.58 Å². The molecule has 3 fully saturated rings. The molecule has 0 radical (unpaired) electrons. The molecule has 1 aromatic carbocycles. The van der Waals surface area contributed by atoms with Gasteiger partial charge in [0.05, 0.1) is 5.56 Å². The van der Waals surface area contributed by atoms with Crippen LogP contribution in [0.1, 0.15) is 23.2 Å². The predicted octanol–water partition coefficient (Wildman–Crippen LogP) is 2.70. The van der Waals surface area contributed by atoms with E-state index in [4.69, 9.17) is 14.0 Å². The van der Waals surface area contributed by atoms with E-state index in [0.29, 0.717) is 11.2 Å². The van der Waals surface area contributed by atoms with E-state index in [1.54, 1.807) is 6.08 Å². The number of benzene rings is 1. The van der Waals surface area contributed by atoms with Crippen LogP contribution in [0.5, 0.6) is 5.75 Å². The van der Waals surface area contributed by atoms with E-state index in [-0.39, 0.29) is 16.6 Å². The monoisotopic (exact) mass is 414 g/mol. The third-order valence-electron chi connectivity index (χ3n) is 5.69. The molecule has 1 N–H and O–H groups in total. The van der Waals surface area contributed by atoms with Gasteiger partial charge in [-0.1, -0.05) is 6.58 Å². The molecule has 4 rings (SSSR count). The molecule has 0 aromatic heterocycles. The highest BCUT2D eigenvalue weighted by Crippen LogP contribution is 2.68. The maximum atomic E-state index is 14.4. The van der Waals surface area contributed by atoms with Crippen molar-refractivity contribution < 1.29 is 31.6 Å². The molecule has 1 aromatic rings. The van der Waals surface area contributed by atoms with Crippen LogP contribution in [0.15, 0.2) is 30.9 Å². The van der Waals surface area contributed by atoms with Gasteiger partial charge in [0.15, 0.2) is 11.6 Å². The first kappa shape index (κ1) is 18.8. The van der Waals surface area contributed by atoms with Crippen molar-refractivity contribution in [2.45, 2.75) is 28.9 Å². The molecule has 2 bridgehead atoms. The highest BCUT2D eigenvalue weighted by atomic mass is 32.2. The van der Waals surface area contributed by atoms with Gasteiger partial charge in [0.1, 0.15) is 18.0 Å². The van der Waals surface area contributed by atoms with Gasteiger partial charge in [-0.2, -0.15) is 8.42 Å². The zero-order chi connectivity index (χ0) is 19.4. The number of rotatable bonds is 7. The smallest absolute Gasteiger partial charge is 0.338 e. The molecule has 5 unspecified atom stereocenters. The van der Waals surface area contributed by atoms with Crippen molar-refractivity contribution in [3.63, 3.8) is 0 Å². The maximum absolute atomic E-state index is 14.4. The van der Waals surface area contributed by atoms with Crippen LogP contribution >= 0.6 is 11.8 Å². The van der Waals surface area contributed by atoms with Crippen LogP contribution in [0.25, 0.3) is 0 Å². The average molecular weight is 414 g/mol. The fraction of sp³-hybridized carbons (Fsp3) is 0.500. The van der Waals surface area contributed by atoms with Crippen LogP contribution in [0.4, 0.5) is 4.39 Å². The summed E-state index contributed by atoms with van der Waals surface area (Å²) < 4.78 is 55.3. The van der Waals surface area contributed by atoms with Crippen LogP contribution < -0.4 is 4.74 Å². The van der Waals surface area contributed by atoms with E-state index in [9.17, 15) is 17.6 Å². The molecular weight excluding hydrogens is 395 g/mol. The summed E-state index contributed by atoms with van der Waals surface area (Å²) in [5, 5.41) is 0.762. The Balaban J connectivity index is 1.51. The summed E-state index contributed by atoms with van der Waals surface area (Å²) >= 11 is 1.88. The Hall–Kier alpha value is -1.58. The molecule has 146 valence electrons. The number of esters is 1. The predicted molar refractivity (Wildman–Crippen MR) is 98.0 cm³/mol. The van der Waals surface area contributed by atoms with Crippen LogP contribution in [0.2, 0.25) is 0 Å². The van der Waals surface area contributed by atoms with Gasteiger partial charge in [0, 0.05) is 16.4 Å². The van der Waals surface area contributed by atoms with Crippen molar-refractivity contribution >= 4 is 27.8 Å². The van der Waals surface area contributed by atoms with E-state index < -0.39 is 39.9 Å². The standard InChI is InChI=1S/C18H19FO6S2/c1-2-18(12-7-11-9-15(18)26-16(11)12)25-14-8-10(3-4-13(14)19)17(20)24-5-6-27(21,22)23/h2-4,8,11-12,15-16H,1,5-7,9H2,(H,21,22,23). The Morgan fingerprint density at radius 2 is 2.22 bits per heavy atom. The van der Waals surface area contributed by atoms with Gasteiger partial charge >= 0.3 is 5.97 Å². The second-order valence-corrected chi connectivity index (χ2v) is 10.1. The number of hydrogen-bond acceptors (Lipinski definition) is 6. The number of carbonyl (C=O) groups is 1. The number of halogens is 1. The van der Waals surface area contributed by atoms with Gasteiger partial charge in [0.25, 0.3) is 10.1 Å². The van der Waals surface area contributed by atoms with Gasteiger partial charge in [-0.15, -0.1) is 11.8 Å². The van der Waals surface area contributed by atoms with E-state index in [0.717, 1.165) is 24.8 Å². The third kappa shape index (κ3) is 3.15. The number of thioether (sulfide) groups is 1. The summed E-state index contributed by atoms with van der Waals surface area (Å²) in [6.07, 6.45) is 3.83. The molecule has 6 nitrogen and oxygen atoms in total. The van der Waals surface area contributed by atoms with Crippen molar-refractivity contribution in [3.05, 3.63) is 42.2 Å². The zero-order valence-corrected chi connectivity index (χ0v) is 16.0. The summed E-state index contributed by atoms with van der Waals surface area (Å²) in [6, 6.07) is 3.63. The van der Waals surface area contributed by atoms with E-state index in [1.165, 1.54) is 12.1 Å². The topological polar surface area (TPSA) is 89.9 Å².